The van der Waals surface area contributed by atoms with Gasteiger partial charge in [-0.15, -0.1) is 0 Å². The van der Waals surface area contributed by atoms with E-state index < -0.39 is 5.82 Å². The second-order valence-corrected chi connectivity index (χ2v) is 5.35. The smallest absolute Gasteiger partial charge is 0.251 e. The fourth-order valence-corrected chi connectivity index (χ4v) is 2.57. The van der Waals surface area contributed by atoms with Gasteiger partial charge in [-0.3, -0.25) is 4.79 Å². The van der Waals surface area contributed by atoms with Gasteiger partial charge in [-0.05, 0) is 41.3 Å². The number of rotatable bonds is 3. The SMILES string of the molecule is Cc1ccc(F)cc1C(=O)NCc1ccc2c(c1)CNC2. The van der Waals surface area contributed by atoms with Crippen molar-refractivity contribution in [1.82, 2.24) is 10.6 Å². The lowest BCUT2D eigenvalue weighted by Crippen LogP contribution is -2.23. The maximum atomic E-state index is 13.2. The Morgan fingerprint density at radius 2 is 2.00 bits per heavy atom. The Labute approximate surface area is 123 Å². The third-order valence-corrected chi connectivity index (χ3v) is 3.80. The van der Waals surface area contributed by atoms with Crippen LogP contribution in [-0.4, -0.2) is 5.91 Å². The first kappa shape index (κ1) is 13.8. The molecule has 3 rings (SSSR count). The van der Waals surface area contributed by atoms with Crippen molar-refractivity contribution in [2.75, 3.05) is 0 Å². The van der Waals surface area contributed by atoms with Gasteiger partial charge in [-0.2, -0.15) is 0 Å². The number of halogens is 1. The van der Waals surface area contributed by atoms with Gasteiger partial charge in [0, 0.05) is 25.2 Å². The first-order valence-corrected chi connectivity index (χ1v) is 6.99. The van der Waals surface area contributed by atoms with Gasteiger partial charge in [0.2, 0.25) is 0 Å². The Kier molecular flexibility index (Phi) is 3.71. The molecule has 2 aromatic rings. The molecule has 108 valence electrons. The molecule has 2 N–H and O–H groups in total. The zero-order valence-electron chi connectivity index (χ0n) is 11.9. The van der Waals surface area contributed by atoms with Gasteiger partial charge in [0.25, 0.3) is 5.91 Å². The predicted octanol–water partition coefficient (Wildman–Crippen LogP) is 2.67. The number of hydrogen-bond acceptors (Lipinski definition) is 2. The van der Waals surface area contributed by atoms with Crippen LogP contribution in [0.25, 0.3) is 0 Å². The van der Waals surface area contributed by atoms with Crippen LogP contribution < -0.4 is 10.6 Å². The summed E-state index contributed by atoms with van der Waals surface area (Å²) in [4.78, 5) is 12.1. The molecule has 0 saturated heterocycles. The summed E-state index contributed by atoms with van der Waals surface area (Å²) in [5.41, 5.74) is 4.81. The normalized spacial score (nSPS) is 13.0. The van der Waals surface area contributed by atoms with Gasteiger partial charge < -0.3 is 10.6 Å². The van der Waals surface area contributed by atoms with Crippen molar-refractivity contribution in [1.29, 1.82) is 0 Å². The number of aryl methyl sites for hydroxylation is 1. The molecule has 0 aliphatic carbocycles. The summed E-state index contributed by atoms with van der Waals surface area (Å²) >= 11 is 0. The number of carbonyl (C=O) groups excluding carboxylic acids is 1. The van der Waals surface area contributed by atoms with Gasteiger partial charge >= 0.3 is 0 Å². The average molecular weight is 284 g/mol. The fourth-order valence-electron chi connectivity index (χ4n) is 2.57. The molecule has 0 saturated carbocycles. The Bertz CT molecular complexity index is 697. The molecule has 4 heteroatoms. The van der Waals surface area contributed by atoms with Crippen molar-refractivity contribution < 1.29 is 9.18 Å². The van der Waals surface area contributed by atoms with Crippen LogP contribution in [0.15, 0.2) is 36.4 Å². The lowest BCUT2D eigenvalue weighted by molar-refractivity contribution is 0.0950. The van der Waals surface area contributed by atoms with Crippen LogP contribution >= 0.6 is 0 Å². The van der Waals surface area contributed by atoms with E-state index >= 15 is 0 Å². The van der Waals surface area contributed by atoms with E-state index in [1.807, 2.05) is 6.07 Å². The number of carbonyl (C=O) groups is 1. The standard InChI is InChI=1S/C17H17FN2O/c1-11-2-5-15(18)7-16(11)17(21)20-8-12-3-4-13-9-19-10-14(13)6-12/h2-7,19H,8-10H2,1H3,(H,20,21). The summed E-state index contributed by atoms with van der Waals surface area (Å²) in [6.45, 7) is 4.03. The van der Waals surface area contributed by atoms with E-state index in [-0.39, 0.29) is 5.91 Å². The van der Waals surface area contributed by atoms with E-state index in [0.29, 0.717) is 12.1 Å². The van der Waals surface area contributed by atoms with Crippen LogP contribution in [0, 0.1) is 12.7 Å². The van der Waals surface area contributed by atoms with Crippen LogP contribution in [0.1, 0.15) is 32.6 Å². The van der Waals surface area contributed by atoms with Gasteiger partial charge in [0.15, 0.2) is 0 Å². The van der Waals surface area contributed by atoms with E-state index in [2.05, 4.69) is 22.8 Å². The summed E-state index contributed by atoms with van der Waals surface area (Å²) in [6.07, 6.45) is 0. The minimum Gasteiger partial charge on any atom is -0.348 e. The molecule has 0 bridgehead atoms. The molecule has 21 heavy (non-hydrogen) atoms. The molecular weight excluding hydrogens is 267 g/mol. The highest BCUT2D eigenvalue weighted by atomic mass is 19.1. The van der Waals surface area contributed by atoms with E-state index in [9.17, 15) is 9.18 Å². The summed E-state index contributed by atoms with van der Waals surface area (Å²) in [5.74, 6) is -0.639. The molecule has 3 nitrogen and oxygen atoms in total. The predicted molar refractivity (Wildman–Crippen MR) is 79.3 cm³/mol. The molecule has 1 aliphatic heterocycles. The van der Waals surface area contributed by atoms with Gasteiger partial charge in [0.1, 0.15) is 5.82 Å². The molecule has 1 aliphatic rings. The van der Waals surface area contributed by atoms with Crippen molar-refractivity contribution >= 4 is 5.91 Å². The second-order valence-electron chi connectivity index (χ2n) is 5.35. The zero-order chi connectivity index (χ0) is 14.8. The average Bonchev–Trinajstić information content (AvgIpc) is 2.94. The van der Waals surface area contributed by atoms with Crippen LogP contribution in [-0.2, 0) is 19.6 Å². The number of amides is 1. The number of benzene rings is 2. The molecule has 0 spiro atoms. The summed E-state index contributed by atoms with van der Waals surface area (Å²) < 4.78 is 13.2. The molecular formula is C17H17FN2O. The Balaban J connectivity index is 1.70. The highest BCUT2D eigenvalue weighted by molar-refractivity contribution is 5.95. The monoisotopic (exact) mass is 284 g/mol. The zero-order valence-corrected chi connectivity index (χ0v) is 11.9. The minimum absolute atomic E-state index is 0.245. The number of fused-ring (bicyclic) bond motifs is 1. The maximum Gasteiger partial charge on any atom is 0.251 e. The van der Waals surface area contributed by atoms with Crippen LogP contribution in [0.5, 0.6) is 0 Å². The largest absolute Gasteiger partial charge is 0.348 e. The molecule has 0 unspecified atom stereocenters. The van der Waals surface area contributed by atoms with Crippen molar-refractivity contribution in [3.63, 3.8) is 0 Å². The van der Waals surface area contributed by atoms with Gasteiger partial charge in [-0.25, -0.2) is 4.39 Å². The van der Waals surface area contributed by atoms with Crippen LogP contribution in [0.3, 0.4) is 0 Å². The topological polar surface area (TPSA) is 41.1 Å². The van der Waals surface area contributed by atoms with E-state index in [0.717, 1.165) is 24.2 Å². The van der Waals surface area contributed by atoms with E-state index in [1.165, 1.54) is 23.3 Å². The minimum atomic E-state index is -0.394. The lowest BCUT2D eigenvalue weighted by Gasteiger charge is -2.09. The van der Waals surface area contributed by atoms with E-state index in [1.54, 1.807) is 13.0 Å². The summed E-state index contributed by atoms with van der Waals surface area (Å²) in [6, 6.07) is 10.5. The summed E-state index contributed by atoms with van der Waals surface area (Å²) in [7, 11) is 0. The van der Waals surface area contributed by atoms with Crippen molar-refractivity contribution in [2.45, 2.75) is 26.6 Å². The van der Waals surface area contributed by atoms with Gasteiger partial charge in [0.05, 0.1) is 0 Å². The Hall–Kier alpha value is -2.20. The number of nitrogens with one attached hydrogen (secondary N) is 2. The third-order valence-electron chi connectivity index (χ3n) is 3.80. The number of hydrogen-bond donors (Lipinski definition) is 2. The Morgan fingerprint density at radius 3 is 2.86 bits per heavy atom. The third kappa shape index (κ3) is 2.95. The molecule has 0 atom stereocenters. The lowest BCUT2D eigenvalue weighted by atomic mass is 10.1. The van der Waals surface area contributed by atoms with Crippen molar-refractivity contribution in [2.24, 2.45) is 0 Å². The molecule has 0 aromatic heterocycles. The highest BCUT2D eigenvalue weighted by Crippen LogP contribution is 2.17. The first-order valence-electron chi connectivity index (χ1n) is 6.99. The van der Waals surface area contributed by atoms with Crippen LogP contribution in [0.4, 0.5) is 4.39 Å². The molecule has 2 aromatic carbocycles. The highest BCUT2D eigenvalue weighted by Gasteiger charge is 2.12. The fraction of sp³-hybridized carbons (Fsp3) is 0.235. The quantitative estimate of drug-likeness (QED) is 0.910. The second kappa shape index (κ2) is 5.66. The summed E-state index contributed by atoms with van der Waals surface area (Å²) in [5, 5.41) is 6.14. The molecule has 1 heterocycles. The first-order chi connectivity index (χ1) is 10.1. The van der Waals surface area contributed by atoms with Crippen molar-refractivity contribution in [3.8, 4) is 0 Å². The molecule has 0 radical (unpaired) electrons. The molecule has 0 fully saturated rings. The van der Waals surface area contributed by atoms with Crippen LogP contribution in [0.2, 0.25) is 0 Å². The maximum absolute atomic E-state index is 13.2. The molecule has 1 amide bonds. The van der Waals surface area contributed by atoms with Gasteiger partial charge in [-0.1, -0.05) is 24.3 Å². The Morgan fingerprint density at radius 1 is 1.19 bits per heavy atom. The van der Waals surface area contributed by atoms with Crippen molar-refractivity contribution in [3.05, 3.63) is 70.0 Å². The van der Waals surface area contributed by atoms with E-state index in [4.69, 9.17) is 0 Å².